The SMILES string of the molecule is CCNC(CSc1ncnc2nc[nH]c12)C1CCOC1. The van der Waals surface area contributed by atoms with Crippen LogP contribution < -0.4 is 5.32 Å². The Hall–Kier alpha value is -1.18. The van der Waals surface area contributed by atoms with E-state index in [4.69, 9.17) is 4.74 Å². The molecular formula is C13H19N5OS. The van der Waals surface area contributed by atoms with Crippen LogP contribution in [0.25, 0.3) is 11.2 Å². The molecule has 2 aromatic heterocycles. The van der Waals surface area contributed by atoms with E-state index in [1.807, 2.05) is 0 Å². The van der Waals surface area contributed by atoms with Crippen molar-refractivity contribution in [3.8, 4) is 0 Å². The Kier molecular flexibility index (Phi) is 4.49. The highest BCUT2D eigenvalue weighted by Crippen LogP contribution is 2.26. The molecule has 2 atom stereocenters. The number of aromatic amines is 1. The molecule has 0 bridgehead atoms. The lowest BCUT2D eigenvalue weighted by Crippen LogP contribution is -2.38. The Morgan fingerprint density at radius 3 is 3.25 bits per heavy atom. The molecule has 0 aliphatic carbocycles. The highest BCUT2D eigenvalue weighted by Gasteiger charge is 2.25. The molecule has 3 rings (SSSR count). The lowest BCUT2D eigenvalue weighted by atomic mass is 10.0. The first-order valence-electron chi connectivity index (χ1n) is 6.96. The van der Waals surface area contributed by atoms with Gasteiger partial charge in [-0.15, -0.1) is 11.8 Å². The predicted molar refractivity (Wildman–Crippen MR) is 78.8 cm³/mol. The summed E-state index contributed by atoms with van der Waals surface area (Å²) in [6, 6.07) is 0.459. The monoisotopic (exact) mass is 293 g/mol. The van der Waals surface area contributed by atoms with Crippen molar-refractivity contribution >= 4 is 22.9 Å². The number of ether oxygens (including phenoxy) is 1. The van der Waals surface area contributed by atoms with E-state index in [0.717, 1.165) is 48.1 Å². The van der Waals surface area contributed by atoms with Gasteiger partial charge in [0, 0.05) is 24.3 Å². The molecule has 6 nitrogen and oxygen atoms in total. The lowest BCUT2D eigenvalue weighted by Gasteiger charge is -2.22. The van der Waals surface area contributed by atoms with Crippen LogP contribution in [-0.4, -0.2) is 51.5 Å². The van der Waals surface area contributed by atoms with Gasteiger partial charge in [-0.25, -0.2) is 15.0 Å². The molecule has 1 aliphatic rings. The number of hydrogen-bond acceptors (Lipinski definition) is 6. The van der Waals surface area contributed by atoms with Crippen molar-refractivity contribution < 1.29 is 4.74 Å². The number of thioether (sulfide) groups is 1. The van der Waals surface area contributed by atoms with Crippen molar-refractivity contribution in [2.24, 2.45) is 5.92 Å². The highest BCUT2D eigenvalue weighted by atomic mass is 32.2. The van der Waals surface area contributed by atoms with Gasteiger partial charge in [-0.3, -0.25) is 0 Å². The zero-order chi connectivity index (χ0) is 13.8. The van der Waals surface area contributed by atoms with Crippen LogP contribution in [0.5, 0.6) is 0 Å². The number of fused-ring (bicyclic) bond motifs is 1. The molecule has 2 aromatic rings. The maximum Gasteiger partial charge on any atom is 0.181 e. The van der Waals surface area contributed by atoms with Crippen molar-refractivity contribution in [3.05, 3.63) is 12.7 Å². The van der Waals surface area contributed by atoms with E-state index in [2.05, 4.69) is 32.2 Å². The summed E-state index contributed by atoms with van der Waals surface area (Å²) in [4.78, 5) is 15.8. The molecule has 3 heterocycles. The summed E-state index contributed by atoms with van der Waals surface area (Å²) in [5, 5.41) is 4.53. The Labute approximate surface area is 122 Å². The molecule has 7 heteroatoms. The van der Waals surface area contributed by atoms with Gasteiger partial charge < -0.3 is 15.0 Å². The third kappa shape index (κ3) is 2.94. The number of hydrogen-bond donors (Lipinski definition) is 2. The zero-order valence-corrected chi connectivity index (χ0v) is 12.3. The first-order chi connectivity index (χ1) is 9.88. The summed E-state index contributed by atoms with van der Waals surface area (Å²) in [7, 11) is 0. The number of rotatable bonds is 6. The molecule has 1 fully saturated rings. The number of H-pyrrole nitrogens is 1. The first-order valence-corrected chi connectivity index (χ1v) is 7.95. The van der Waals surface area contributed by atoms with Gasteiger partial charge in [-0.05, 0) is 13.0 Å². The van der Waals surface area contributed by atoms with E-state index in [-0.39, 0.29) is 0 Å². The van der Waals surface area contributed by atoms with E-state index in [0.29, 0.717) is 12.0 Å². The van der Waals surface area contributed by atoms with Crippen LogP contribution in [-0.2, 0) is 4.74 Å². The molecular weight excluding hydrogens is 274 g/mol. The van der Waals surface area contributed by atoms with E-state index in [9.17, 15) is 0 Å². The summed E-state index contributed by atoms with van der Waals surface area (Å²) in [6.07, 6.45) is 4.38. The van der Waals surface area contributed by atoms with Crippen molar-refractivity contribution in [1.82, 2.24) is 25.3 Å². The van der Waals surface area contributed by atoms with Crippen LogP contribution in [0, 0.1) is 5.92 Å². The van der Waals surface area contributed by atoms with Crippen molar-refractivity contribution in [2.75, 3.05) is 25.5 Å². The molecule has 1 saturated heterocycles. The van der Waals surface area contributed by atoms with E-state index in [1.165, 1.54) is 0 Å². The Bertz CT molecular complexity index is 554. The lowest BCUT2D eigenvalue weighted by molar-refractivity contribution is 0.179. The number of aromatic nitrogens is 4. The minimum atomic E-state index is 0.459. The normalized spacial score (nSPS) is 20.6. The molecule has 0 amide bonds. The largest absolute Gasteiger partial charge is 0.381 e. The summed E-state index contributed by atoms with van der Waals surface area (Å²) in [6.45, 7) is 4.87. The van der Waals surface area contributed by atoms with E-state index >= 15 is 0 Å². The van der Waals surface area contributed by atoms with Gasteiger partial charge in [0.1, 0.15) is 16.9 Å². The second kappa shape index (κ2) is 6.51. The zero-order valence-electron chi connectivity index (χ0n) is 11.5. The first kappa shape index (κ1) is 13.8. The average Bonchev–Trinajstić information content (AvgIpc) is 3.13. The highest BCUT2D eigenvalue weighted by molar-refractivity contribution is 7.99. The second-order valence-corrected chi connectivity index (χ2v) is 5.89. The summed E-state index contributed by atoms with van der Waals surface area (Å²) in [5.74, 6) is 1.58. The van der Waals surface area contributed by atoms with Crippen LogP contribution in [0.4, 0.5) is 0 Å². The molecule has 1 aliphatic heterocycles. The molecule has 0 aromatic carbocycles. The van der Waals surface area contributed by atoms with Crippen LogP contribution >= 0.6 is 11.8 Å². The number of nitrogens with one attached hydrogen (secondary N) is 2. The quantitative estimate of drug-likeness (QED) is 0.620. The average molecular weight is 293 g/mol. The molecule has 20 heavy (non-hydrogen) atoms. The smallest absolute Gasteiger partial charge is 0.181 e. The fourth-order valence-corrected chi connectivity index (χ4v) is 3.66. The van der Waals surface area contributed by atoms with E-state index in [1.54, 1.807) is 24.4 Å². The minimum Gasteiger partial charge on any atom is -0.381 e. The van der Waals surface area contributed by atoms with Gasteiger partial charge >= 0.3 is 0 Å². The van der Waals surface area contributed by atoms with Crippen molar-refractivity contribution in [1.29, 1.82) is 0 Å². The van der Waals surface area contributed by atoms with Gasteiger partial charge in [0.15, 0.2) is 5.65 Å². The predicted octanol–water partition coefficient (Wildman–Crippen LogP) is 1.46. The third-order valence-electron chi connectivity index (χ3n) is 3.59. The summed E-state index contributed by atoms with van der Waals surface area (Å²) >= 11 is 1.75. The molecule has 0 radical (unpaired) electrons. The Balaban J connectivity index is 1.68. The maximum absolute atomic E-state index is 5.50. The fourth-order valence-electron chi connectivity index (χ4n) is 2.51. The summed E-state index contributed by atoms with van der Waals surface area (Å²) < 4.78 is 5.50. The Morgan fingerprint density at radius 2 is 2.45 bits per heavy atom. The Morgan fingerprint density at radius 1 is 1.50 bits per heavy atom. The number of imidazole rings is 1. The topological polar surface area (TPSA) is 75.7 Å². The van der Waals surface area contributed by atoms with Gasteiger partial charge in [0.25, 0.3) is 0 Å². The van der Waals surface area contributed by atoms with Crippen LogP contribution in [0.1, 0.15) is 13.3 Å². The third-order valence-corrected chi connectivity index (χ3v) is 4.70. The van der Waals surface area contributed by atoms with Crippen LogP contribution in [0.15, 0.2) is 17.7 Å². The van der Waals surface area contributed by atoms with Crippen LogP contribution in [0.2, 0.25) is 0 Å². The molecule has 0 spiro atoms. The van der Waals surface area contributed by atoms with Gasteiger partial charge in [-0.1, -0.05) is 6.92 Å². The van der Waals surface area contributed by atoms with Crippen molar-refractivity contribution in [2.45, 2.75) is 24.4 Å². The van der Waals surface area contributed by atoms with Crippen LogP contribution in [0.3, 0.4) is 0 Å². The molecule has 2 unspecified atom stereocenters. The molecule has 2 N–H and O–H groups in total. The maximum atomic E-state index is 5.50. The summed E-state index contributed by atoms with van der Waals surface area (Å²) in [5.41, 5.74) is 1.65. The van der Waals surface area contributed by atoms with Gasteiger partial charge in [0.05, 0.1) is 12.9 Å². The molecule has 108 valence electrons. The second-order valence-electron chi connectivity index (χ2n) is 4.88. The fraction of sp³-hybridized carbons (Fsp3) is 0.615. The van der Waals surface area contributed by atoms with Crippen molar-refractivity contribution in [3.63, 3.8) is 0 Å². The van der Waals surface area contributed by atoms with E-state index < -0.39 is 0 Å². The molecule has 0 saturated carbocycles. The minimum absolute atomic E-state index is 0.459. The van der Waals surface area contributed by atoms with Gasteiger partial charge in [0.2, 0.25) is 0 Å². The van der Waals surface area contributed by atoms with Gasteiger partial charge in [-0.2, -0.15) is 0 Å². The standard InChI is InChI=1S/C13H19N5OS/c1-2-14-10(9-3-4-19-5-9)6-20-13-11-12(16-7-15-11)17-8-18-13/h7-10,14H,2-6H2,1H3,(H,15,16,17,18). The number of nitrogens with zero attached hydrogens (tertiary/aromatic N) is 3.